The lowest BCUT2D eigenvalue weighted by atomic mass is 10.5. The van der Waals surface area contributed by atoms with Gasteiger partial charge < -0.3 is 10.1 Å². The molecule has 1 rings (SSSR count). The topological polar surface area (TPSA) is 81.2 Å². The Labute approximate surface area is 95.0 Å². The molecule has 0 aromatic carbocycles. The third kappa shape index (κ3) is 4.43. The highest BCUT2D eigenvalue weighted by molar-refractivity contribution is 7.90. The van der Waals surface area contributed by atoms with Crippen molar-refractivity contribution in [2.75, 3.05) is 31.0 Å². The Hall–Kier alpha value is -1.37. The van der Waals surface area contributed by atoms with Crippen LogP contribution in [0.15, 0.2) is 6.07 Å². The predicted molar refractivity (Wildman–Crippen MR) is 61.5 cm³/mol. The Bertz CT molecular complexity index is 459. The van der Waals surface area contributed by atoms with Gasteiger partial charge in [0.1, 0.15) is 21.5 Å². The van der Waals surface area contributed by atoms with Crippen molar-refractivity contribution < 1.29 is 13.2 Å². The third-order valence-electron chi connectivity index (χ3n) is 1.80. The maximum atomic E-state index is 10.9. The Morgan fingerprint density at radius 1 is 1.44 bits per heavy atom. The molecule has 0 spiro atoms. The van der Waals surface area contributed by atoms with Crippen LogP contribution >= 0.6 is 0 Å². The van der Waals surface area contributed by atoms with E-state index in [0.717, 1.165) is 0 Å². The zero-order valence-corrected chi connectivity index (χ0v) is 10.3. The minimum atomic E-state index is -2.96. The lowest BCUT2D eigenvalue weighted by molar-refractivity contribution is 0.396. The first kappa shape index (κ1) is 12.7. The first-order valence-corrected chi connectivity index (χ1v) is 6.78. The Morgan fingerprint density at radius 3 is 2.69 bits per heavy atom. The average molecular weight is 245 g/mol. The van der Waals surface area contributed by atoms with Crippen molar-refractivity contribution >= 4 is 15.7 Å². The standard InChI is InChI=1S/C9H15N3O3S/c1-7-11-8(6-9(12-7)15-2)10-4-5-16(3,13)14/h6H,4-5H2,1-3H3,(H,10,11,12). The quantitative estimate of drug-likeness (QED) is 0.801. The fraction of sp³-hybridized carbons (Fsp3) is 0.556. The molecular weight excluding hydrogens is 230 g/mol. The molecular formula is C9H15N3O3S. The summed E-state index contributed by atoms with van der Waals surface area (Å²) in [5, 5.41) is 2.91. The molecule has 7 heteroatoms. The van der Waals surface area contributed by atoms with Gasteiger partial charge >= 0.3 is 0 Å². The van der Waals surface area contributed by atoms with E-state index in [1.54, 1.807) is 13.0 Å². The number of nitrogens with zero attached hydrogens (tertiary/aromatic N) is 2. The summed E-state index contributed by atoms with van der Waals surface area (Å²) in [5.41, 5.74) is 0. The fourth-order valence-corrected chi connectivity index (χ4v) is 1.57. The van der Waals surface area contributed by atoms with Crippen LogP contribution in [0.25, 0.3) is 0 Å². The fourth-order valence-electron chi connectivity index (χ4n) is 1.10. The molecule has 1 heterocycles. The second-order valence-electron chi connectivity index (χ2n) is 3.40. The van der Waals surface area contributed by atoms with Crippen molar-refractivity contribution in [3.8, 4) is 5.88 Å². The molecule has 6 nitrogen and oxygen atoms in total. The molecule has 1 aromatic heterocycles. The molecule has 90 valence electrons. The van der Waals surface area contributed by atoms with Crippen LogP contribution in [0.5, 0.6) is 5.88 Å². The summed E-state index contributed by atoms with van der Waals surface area (Å²) in [4.78, 5) is 8.12. The largest absolute Gasteiger partial charge is 0.481 e. The molecule has 0 aliphatic heterocycles. The van der Waals surface area contributed by atoms with Gasteiger partial charge in [-0.15, -0.1) is 0 Å². The normalized spacial score (nSPS) is 11.2. The minimum Gasteiger partial charge on any atom is -0.481 e. The van der Waals surface area contributed by atoms with Gasteiger partial charge in [-0.05, 0) is 6.92 Å². The molecule has 0 fully saturated rings. The number of aryl methyl sites for hydroxylation is 1. The van der Waals surface area contributed by atoms with E-state index < -0.39 is 9.84 Å². The molecule has 1 N–H and O–H groups in total. The maximum absolute atomic E-state index is 10.9. The molecule has 0 aliphatic rings. The second-order valence-corrected chi connectivity index (χ2v) is 5.66. The van der Waals surface area contributed by atoms with E-state index in [1.807, 2.05) is 0 Å². The van der Waals surface area contributed by atoms with Crippen molar-refractivity contribution in [2.45, 2.75) is 6.92 Å². The number of ether oxygens (including phenoxy) is 1. The molecule has 0 aliphatic carbocycles. The highest BCUT2D eigenvalue weighted by Gasteiger charge is 2.04. The van der Waals surface area contributed by atoms with Gasteiger partial charge in [0.05, 0.1) is 12.9 Å². The SMILES string of the molecule is COc1cc(NCCS(C)(=O)=O)nc(C)n1. The van der Waals surface area contributed by atoms with Crippen LogP contribution < -0.4 is 10.1 Å². The zero-order chi connectivity index (χ0) is 12.2. The first-order chi connectivity index (χ1) is 7.40. The molecule has 0 amide bonds. The van der Waals surface area contributed by atoms with Gasteiger partial charge in [-0.2, -0.15) is 4.98 Å². The van der Waals surface area contributed by atoms with Crippen molar-refractivity contribution in [3.05, 3.63) is 11.9 Å². The van der Waals surface area contributed by atoms with Crippen LogP contribution in [0.4, 0.5) is 5.82 Å². The van der Waals surface area contributed by atoms with Crippen molar-refractivity contribution in [1.82, 2.24) is 9.97 Å². The molecule has 1 aromatic rings. The van der Waals surface area contributed by atoms with E-state index >= 15 is 0 Å². The molecule has 0 atom stereocenters. The lowest BCUT2D eigenvalue weighted by Crippen LogP contribution is -2.15. The third-order valence-corrected chi connectivity index (χ3v) is 2.75. The summed E-state index contributed by atoms with van der Waals surface area (Å²) >= 11 is 0. The Kier molecular flexibility index (Phi) is 4.05. The lowest BCUT2D eigenvalue weighted by Gasteiger charge is -2.07. The van der Waals surface area contributed by atoms with Crippen molar-refractivity contribution in [2.24, 2.45) is 0 Å². The van der Waals surface area contributed by atoms with Crippen LogP contribution in [0, 0.1) is 6.92 Å². The van der Waals surface area contributed by atoms with Crippen molar-refractivity contribution in [3.63, 3.8) is 0 Å². The number of rotatable bonds is 5. The van der Waals surface area contributed by atoms with E-state index in [0.29, 0.717) is 24.1 Å². The van der Waals surface area contributed by atoms with Crippen LogP contribution in [0.2, 0.25) is 0 Å². The van der Waals surface area contributed by atoms with Crippen LogP contribution in [-0.4, -0.2) is 44.0 Å². The second kappa shape index (κ2) is 5.11. The van der Waals surface area contributed by atoms with Gasteiger partial charge in [0.25, 0.3) is 0 Å². The Morgan fingerprint density at radius 2 is 2.12 bits per heavy atom. The van der Waals surface area contributed by atoms with E-state index in [1.165, 1.54) is 13.4 Å². The van der Waals surface area contributed by atoms with Gasteiger partial charge in [0, 0.05) is 18.9 Å². The van der Waals surface area contributed by atoms with E-state index in [4.69, 9.17) is 4.74 Å². The molecule has 0 unspecified atom stereocenters. The van der Waals surface area contributed by atoms with Gasteiger partial charge in [0.15, 0.2) is 0 Å². The summed E-state index contributed by atoms with van der Waals surface area (Å²) in [6.07, 6.45) is 1.19. The highest BCUT2D eigenvalue weighted by Crippen LogP contribution is 2.12. The van der Waals surface area contributed by atoms with Gasteiger partial charge in [0.2, 0.25) is 5.88 Å². The number of methoxy groups -OCH3 is 1. The first-order valence-electron chi connectivity index (χ1n) is 4.72. The number of hydrogen-bond acceptors (Lipinski definition) is 6. The summed E-state index contributed by atoms with van der Waals surface area (Å²) < 4.78 is 26.8. The van der Waals surface area contributed by atoms with E-state index in [9.17, 15) is 8.42 Å². The van der Waals surface area contributed by atoms with Crippen LogP contribution in [0.1, 0.15) is 5.82 Å². The highest BCUT2D eigenvalue weighted by atomic mass is 32.2. The molecule has 0 saturated heterocycles. The molecule has 16 heavy (non-hydrogen) atoms. The summed E-state index contributed by atoms with van der Waals surface area (Å²) in [5.74, 6) is 1.65. The number of anilines is 1. The summed E-state index contributed by atoms with van der Waals surface area (Å²) in [6, 6.07) is 1.62. The smallest absolute Gasteiger partial charge is 0.218 e. The van der Waals surface area contributed by atoms with Crippen LogP contribution in [0.3, 0.4) is 0 Å². The minimum absolute atomic E-state index is 0.0678. The summed E-state index contributed by atoms with van der Waals surface area (Å²) in [7, 11) is -1.44. The average Bonchev–Trinajstić information content (AvgIpc) is 2.14. The van der Waals surface area contributed by atoms with E-state index in [2.05, 4.69) is 15.3 Å². The molecule has 0 radical (unpaired) electrons. The van der Waals surface area contributed by atoms with Gasteiger partial charge in [-0.1, -0.05) is 0 Å². The number of sulfone groups is 1. The van der Waals surface area contributed by atoms with Crippen LogP contribution in [-0.2, 0) is 9.84 Å². The monoisotopic (exact) mass is 245 g/mol. The van der Waals surface area contributed by atoms with E-state index in [-0.39, 0.29) is 5.75 Å². The van der Waals surface area contributed by atoms with Crippen molar-refractivity contribution in [1.29, 1.82) is 0 Å². The number of nitrogens with one attached hydrogen (secondary N) is 1. The molecule has 0 bridgehead atoms. The number of aromatic nitrogens is 2. The predicted octanol–water partition coefficient (Wildman–Crippen LogP) is 0.250. The zero-order valence-electron chi connectivity index (χ0n) is 9.52. The Balaban J connectivity index is 2.63. The van der Waals surface area contributed by atoms with Gasteiger partial charge in [-0.3, -0.25) is 0 Å². The summed E-state index contributed by atoms with van der Waals surface area (Å²) in [6.45, 7) is 2.06. The molecule has 0 saturated carbocycles. The maximum Gasteiger partial charge on any atom is 0.218 e. The number of hydrogen-bond donors (Lipinski definition) is 1. The van der Waals surface area contributed by atoms with Gasteiger partial charge in [-0.25, -0.2) is 13.4 Å².